The third-order valence-corrected chi connectivity index (χ3v) is 2.80. The maximum absolute atomic E-state index is 11.9. The van der Waals surface area contributed by atoms with Crippen LogP contribution in [0.4, 0.5) is 0 Å². The highest BCUT2D eigenvalue weighted by atomic mass is 79.9. The van der Waals surface area contributed by atoms with Crippen molar-refractivity contribution in [3.8, 4) is 0 Å². The zero-order chi connectivity index (χ0) is 13.2. The number of carbonyl (C=O) groups excluding carboxylic acids is 1. The molecule has 0 rings (SSSR count). The maximum atomic E-state index is 11.9. The summed E-state index contributed by atoms with van der Waals surface area (Å²) < 4.78 is 0. The van der Waals surface area contributed by atoms with E-state index in [0.717, 1.165) is 0 Å². The van der Waals surface area contributed by atoms with Gasteiger partial charge in [0.1, 0.15) is 5.60 Å². The summed E-state index contributed by atoms with van der Waals surface area (Å²) in [7, 11) is 0. The lowest BCUT2D eigenvalue weighted by Crippen LogP contribution is -2.45. The fraction of sp³-hybridized carbons (Fsp3) is 0.923. The molecule has 0 fully saturated rings. The Morgan fingerprint density at radius 2 is 1.31 bits per heavy atom. The highest BCUT2D eigenvalue weighted by Gasteiger charge is 2.41. The molecule has 0 aromatic heterocycles. The molecule has 0 atom stereocenters. The van der Waals surface area contributed by atoms with Crippen molar-refractivity contribution in [3.05, 3.63) is 0 Å². The van der Waals surface area contributed by atoms with E-state index in [4.69, 9.17) is 0 Å². The summed E-state index contributed by atoms with van der Waals surface area (Å²) in [6.45, 7) is 12.3. The lowest BCUT2D eigenvalue weighted by atomic mass is 9.72. The summed E-state index contributed by atoms with van der Waals surface area (Å²) in [4.78, 5) is 11.9. The third-order valence-electron chi connectivity index (χ3n) is 2.29. The van der Waals surface area contributed by atoms with Gasteiger partial charge >= 0.3 is 0 Å². The second-order valence-electron chi connectivity index (χ2n) is 7.06. The van der Waals surface area contributed by atoms with Crippen LogP contribution in [0.2, 0.25) is 0 Å². The average molecular weight is 293 g/mol. The number of aliphatic hydroxyl groups is 1. The second-order valence-corrected chi connectivity index (χ2v) is 7.62. The number of hydrogen-bond donors (Lipinski definition) is 1. The van der Waals surface area contributed by atoms with E-state index >= 15 is 0 Å². The van der Waals surface area contributed by atoms with Crippen molar-refractivity contribution in [1.82, 2.24) is 0 Å². The molecular weight excluding hydrogens is 268 g/mol. The molecule has 0 radical (unpaired) electrons. The number of carbonyl (C=O) groups is 1. The van der Waals surface area contributed by atoms with Crippen LogP contribution in [-0.4, -0.2) is 21.8 Å². The van der Waals surface area contributed by atoms with Gasteiger partial charge in [0.2, 0.25) is 0 Å². The van der Waals surface area contributed by atoms with Crippen LogP contribution in [0.5, 0.6) is 0 Å². The Kier molecular flexibility index (Phi) is 5.21. The van der Waals surface area contributed by atoms with Gasteiger partial charge in [-0.1, -0.05) is 57.5 Å². The van der Waals surface area contributed by atoms with Gasteiger partial charge in [-0.3, -0.25) is 4.79 Å². The lowest BCUT2D eigenvalue weighted by molar-refractivity contribution is -0.141. The van der Waals surface area contributed by atoms with Crippen LogP contribution in [0.25, 0.3) is 0 Å². The first-order valence-corrected chi connectivity index (χ1v) is 6.83. The number of hydrogen-bond acceptors (Lipinski definition) is 2. The fourth-order valence-electron chi connectivity index (χ4n) is 2.14. The molecule has 2 nitrogen and oxygen atoms in total. The minimum atomic E-state index is -1.21. The maximum Gasteiger partial charge on any atom is 0.174 e. The molecule has 0 aromatic carbocycles. The lowest BCUT2D eigenvalue weighted by Gasteiger charge is -2.37. The van der Waals surface area contributed by atoms with Crippen molar-refractivity contribution in [3.63, 3.8) is 0 Å². The number of halogens is 1. The van der Waals surface area contributed by atoms with E-state index in [-0.39, 0.29) is 21.9 Å². The molecule has 96 valence electrons. The largest absolute Gasteiger partial charge is 0.382 e. The predicted octanol–water partition coefficient (Wildman–Crippen LogP) is 3.55. The van der Waals surface area contributed by atoms with Crippen molar-refractivity contribution in [2.45, 2.75) is 60.0 Å². The second kappa shape index (κ2) is 5.18. The number of rotatable bonds is 4. The Hall–Kier alpha value is 0.110. The Morgan fingerprint density at radius 1 is 1.00 bits per heavy atom. The third kappa shape index (κ3) is 6.00. The summed E-state index contributed by atoms with van der Waals surface area (Å²) in [5.74, 6) is -0.114. The van der Waals surface area contributed by atoms with Crippen LogP contribution in [0.1, 0.15) is 54.4 Å². The van der Waals surface area contributed by atoms with E-state index in [2.05, 4.69) is 15.9 Å². The Bertz CT molecular complexity index is 230. The highest BCUT2D eigenvalue weighted by molar-refractivity contribution is 9.09. The van der Waals surface area contributed by atoms with Gasteiger partial charge in [-0.25, -0.2) is 0 Å². The normalized spacial score (nSPS) is 14.0. The summed E-state index contributed by atoms with van der Waals surface area (Å²) in [6, 6.07) is 0. The molecule has 0 saturated carbocycles. The van der Waals surface area contributed by atoms with Crippen LogP contribution in [-0.2, 0) is 4.79 Å². The van der Waals surface area contributed by atoms with Crippen LogP contribution >= 0.6 is 15.9 Å². The van der Waals surface area contributed by atoms with E-state index in [1.165, 1.54) is 0 Å². The summed E-state index contributed by atoms with van der Waals surface area (Å²) >= 11 is 3.16. The first-order valence-electron chi connectivity index (χ1n) is 5.71. The van der Waals surface area contributed by atoms with Crippen molar-refractivity contribution in [2.75, 3.05) is 5.33 Å². The Labute approximate surface area is 108 Å². The van der Waals surface area contributed by atoms with Gasteiger partial charge < -0.3 is 5.11 Å². The molecule has 0 bridgehead atoms. The molecule has 16 heavy (non-hydrogen) atoms. The van der Waals surface area contributed by atoms with Gasteiger partial charge in [0.15, 0.2) is 5.78 Å². The first kappa shape index (κ1) is 16.1. The standard InChI is InChI=1S/C13H25BrO2/c1-11(2,3)8-13(16,10(15)7-14)9-12(4,5)6/h16H,7-9H2,1-6H3. The summed E-state index contributed by atoms with van der Waals surface area (Å²) in [5, 5.41) is 10.8. The quantitative estimate of drug-likeness (QED) is 0.805. The molecule has 3 heteroatoms. The van der Waals surface area contributed by atoms with E-state index in [1.807, 2.05) is 41.5 Å². The molecular formula is C13H25BrO2. The molecule has 0 aromatic rings. The minimum Gasteiger partial charge on any atom is -0.382 e. The molecule has 0 aliphatic heterocycles. The molecule has 0 spiro atoms. The molecule has 0 unspecified atom stereocenters. The molecule has 0 saturated heterocycles. The summed E-state index contributed by atoms with van der Waals surface area (Å²) in [5.41, 5.74) is -1.32. The zero-order valence-corrected chi connectivity index (χ0v) is 12.9. The smallest absolute Gasteiger partial charge is 0.174 e. The zero-order valence-electron chi connectivity index (χ0n) is 11.4. The molecule has 0 aliphatic rings. The van der Waals surface area contributed by atoms with E-state index in [9.17, 15) is 9.90 Å². The molecule has 0 amide bonds. The van der Waals surface area contributed by atoms with Gasteiger partial charge in [-0.05, 0) is 23.7 Å². The van der Waals surface area contributed by atoms with E-state index < -0.39 is 5.60 Å². The van der Waals surface area contributed by atoms with Crippen molar-refractivity contribution >= 4 is 21.7 Å². The molecule has 0 aliphatic carbocycles. The Morgan fingerprint density at radius 3 is 1.50 bits per heavy atom. The molecule has 1 N–H and O–H groups in total. The monoisotopic (exact) mass is 292 g/mol. The van der Waals surface area contributed by atoms with Crippen molar-refractivity contribution in [1.29, 1.82) is 0 Å². The van der Waals surface area contributed by atoms with Crippen LogP contribution in [0.3, 0.4) is 0 Å². The fourth-order valence-corrected chi connectivity index (χ4v) is 2.66. The topological polar surface area (TPSA) is 37.3 Å². The van der Waals surface area contributed by atoms with Crippen LogP contribution in [0.15, 0.2) is 0 Å². The van der Waals surface area contributed by atoms with Gasteiger partial charge in [-0.2, -0.15) is 0 Å². The van der Waals surface area contributed by atoms with E-state index in [1.54, 1.807) is 0 Å². The predicted molar refractivity (Wildman–Crippen MR) is 71.9 cm³/mol. The van der Waals surface area contributed by atoms with Gasteiger partial charge in [-0.15, -0.1) is 0 Å². The van der Waals surface area contributed by atoms with Crippen LogP contribution < -0.4 is 0 Å². The SMILES string of the molecule is CC(C)(C)CC(O)(CC(C)(C)C)C(=O)CBr. The average Bonchev–Trinajstić information content (AvgIpc) is 1.95. The van der Waals surface area contributed by atoms with Gasteiger partial charge in [0.05, 0.1) is 5.33 Å². The van der Waals surface area contributed by atoms with Crippen molar-refractivity contribution in [2.24, 2.45) is 10.8 Å². The Balaban J connectivity index is 4.97. The minimum absolute atomic E-state index is 0.0577. The highest BCUT2D eigenvalue weighted by Crippen LogP contribution is 2.36. The van der Waals surface area contributed by atoms with Crippen molar-refractivity contribution < 1.29 is 9.90 Å². The van der Waals surface area contributed by atoms with Crippen LogP contribution in [0, 0.1) is 10.8 Å². The van der Waals surface area contributed by atoms with Gasteiger partial charge in [0.25, 0.3) is 0 Å². The first-order chi connectivity index (χ1) is 6.90. The molecule has 0 heterocycles. The number of ketones is 1. The number of Topliss-reactive ketones (excluding diaryl/α,β-unsaturated/α-hetero) is 1. The van der Waals surface area contributed by atoms with Gasteiger partial charge in [0, 0.05) is 0 Å². The van der Waals surface area contributed by atoms with E-state index in [0.29, 0.717) is 12.8 Å². The number of alkyl halides is 1. The summed E-state index contributed by atoms with van der Waals surface area (Å²) in [6.07, 6.45) is 1.00.